The molecular weight excluding hydrogens is 498 g/mol. The van der Waals surface area contributed by atoms with Crippen LogP contribution >= 0.6 is 22.9 Å². The summed E-state index contributed by atoms with van der Waals surface area (Å²) >= 11 is 7.38. The molecule has 0 spiro atoms. The number of thiophene rings is 1. The highest BCUT2D eigenvalue weighted by atomic mass is 35.5. The number of nitrogens with one attached hydrogen (secondary N) is 2. The second kappa shape index (κ2) is 10.3. The van der Waals surface area contributed by atoms with E-state index >= 15 is 0 Å². The minimum absolute atomic E-state index is 0.146. The van der Waals surface area contributed by atoms with Gasteiger partial charge in [-0.2, -0.15) is 0 Å². The molecule has 180 valence electrons. The van der Waals surface area contributed by atoms with Crippen molar-refractivity contribution in [2.45, 2.75) is 19.0 Å². The maximum Gasteiger partial charge on any atom is 0.266 e. The Hall–Kier alpha value is -4.08. The third-order valence-electron chi connectivity index (χ3n) is 5.66. The SMILES string of the molecule is O=C(Nc1ccccn1)c1ccc(CN2C(=O)c3ccc(Cl)cc3NC(=O)[C@H]2Cc2ccccn2)s1. The Balaban J connectivity index is 1.44. The lowest BCUT2D eigenvalue weighted by molar-refractivity contribution is -0.120. The summed E-state index contributed by atoms with van der Waals surface area (Å²) in [6, 6.07) is 18.2. The van der Waals surface area contributed by atoms with Crippen molar-refractivity contribution in [2.75, 3.05) is 10.6 Å². The molecule has 0 fully saturated rings. The van der Waals surface area contributed by atoms with E-state index in [9.17, 15) is 14.4 Å². The number of carbonyl (C=O) groups is 3. The molecule has 1 aliphatic heterocycles. The van der Waals surface area contributed by atoms with Crippen molar-refractivity contribution in [2.24, 2.45) is 0 Å². The van der Waals surface area contributed by atoms with Crippen molar-refractivity contribution in [3.8, 4) is 0 Å². The summed E-state index contributed by atoms with van der Waals surface area (Å²) < 4.78 is 0. The maximum absolute atomic E-state index is 13.7. The fourth-order valence-corrected chi connectivity index (χ4v) is 5.00. The molecule has 8 nitrogen and oxygen atoms in total. The summed E-state index contributed by atoms with van der Waals surface area (Å²) in [6.07, 6.45) is 3.48. The molecule has 0 bridgehead atoms. The minimum Gasteiger partial charge on any atom is -0.323 e. The Labute approximate surface area is 216 Å². The van der Waals surface area contributed by atoms with Crippen LogP contribution in [-0.2, 0) is 17.8 Å². The summed E-state index contributed by atoms with van der Waals surface area (Å²) in [5, 5.41) is 6.02. The van der Waals surface area contributed by atoms with Crippen LogP contribution in [0.3, 0.4) is 0 Å². The first kappa shape index (κ1) is 23.7. The average Bonchev–Trinajstić information content (AvgIpc) is 3.33. The first-order valence-corrected chi connectivity index (χ1v) is 12.3. The quantitative estimate of drug-likeness (QED) is 0.387. The van der Waals surface area contributed by atoms with Crippen molar-refractivity contribution in [3.05, 3.63) is 105 Å². The number of fused-ring (bicyclic) bond motifs is 1. The van der Waals surface area contributed by atoms with Crippen molar-refractivity contribution in [1.82, 2.24) is 14.9 Å². The van der Waals surface area contributed by atoms with Gasteiger partial charge in [-0.3, -0.25) is 19.4 Å². The summed E-state index contributed by atoms with van der Waals surface area (Å²) in [4.78, 5) is 50.9. The molecule has 0 aliphatic carbocycles. The molecule has 0 unspecified atom stereocenters. The van der Waals surface area contributed by atoms with Gasteiger partial charge in [-0.1, -0.05) is 23.7 Å². The van der Waals surface area contributed by atoms with Crippen LogP contribution in [0.15, 0.2) is 79.1 Å². The van der Waals surface area contributed by atoms with Crippen molar-refractivity contribution in [3.63, 3.8) is 0 Å². The fourth-order valence-electron chi connectivity index (χ4n) is 3.93. The molecule has 36 heavy (non-hydrogen) atoms. The Morgan fingerprint density at radius 3 is 2.58 bits per heavy atom. The summed E-state index contributed by atoms with van der Waals surface area (Å²) in [7, 11) is 0. The molecular formula is C26H20ClN5O3S. The van der Waals surface area contributed by atoms with Gasteiger partial charge >= 0.3 is 0 Å². The molecule has 3 aromatic heterocycles. The predicted octanol–water partition coefficient (Wildman–Crippen LogP) is 4.65. The molecule has 3 amide bonds. The van der Waals surface area contributed by atoms with Gasteiger partial charge in [0.25, 0.3) is 11.8 Å². The summed E-state index contributed by atoms with van der Waals surface area (Å²) in [5.74, 6) is -0.494. The lowest BCUT2D eigenvalue weighted by Crippen LogP contribution is -2.46. The number of hydrogen-bond donors (Lipinski definition) is 2. The van der Waals surface area contributed by atoms with Gasteiger partial charge in [0.05, 0.1) is 22.7 Å². The van der Waals surface area contributed by atoms with Crippen LogP contribution in [0.2, 0.25) is 5.02 Å². The Kier molecular flexibility index (Phi) is 6.75. The van der Waals surface area contributed by atoms with Gasteiger partial charge < -0.3 is 15.5 Å². The first-order valence-electron chi connectivity index (χ1n) is 11.1. The topological polar surface area (TPSA) is 104 Å². The van der Waals surface area contributed by atoms with E-state index < -0.39 is 6.04 Å². The monoisotopic (exact) mass is 517 g/mol. The van der Waals surface area contributed by atoms with Crippen LogP contribution in [0.4, 0.5) is 11.5 Å². The molecule has 4 heterocycles. The van der Waals surface area contributed by atoms with E-state index in [-0.39, 0.29) is 30.7 Å². The van der Waals surface area contributed by atoms with Crippen LogP contribution in [0.1, 0.15) is 30.6 Å². The van der Waals surface area contributed by atoms with E-state index in [4.69, 9.17) is 11.6 Å². The zero-order chi connectivity index (χ0) is 25.1. The molecule has 1 atom stereocenters. The minimum atomic E-state index is -0.813. The Morgan fingerprint density at radius 1 is 1.03 bits per heavy atom. The van der Waals surface area contributed by atoms with E-state index in [1.54, 1.807) is 67.0 Å². The van der Waals surface area contributed by atoms with Crippen LogP contribution in [0, 0.1) is 0 Å². The molecule has 2 N–H and O–H groups in total. The first-order chi connectivity index (χ1) is 17.5. The van der Waals surface area contributed by atoms with E-state index in [1.165, 1.54) is 16.2 Å². The second-order valence-electron chi connectivity index (χ2n) is 8.09. The van der Waals surface area contributed by atoms with Crippen molar-refractivity contribution >= 4 is 52.2 Å². The van der Waals surface area contributed by atoms with Crippen LogP contribution in [-0.4, -0.2) is 38.6 Å². The largest absolute Gasteiger partial charge is 0.323 e. The third kappa shape index (κ3) is 5.12. The summed E-state index contributed by atoms with van der Waals surface area (Å²) in [5.41, 5.74) is 1.40. The zero-order valence-corrected chi connectivity index (χ0v) is 20.4. The molecule has 5 rings (SSSR count). The molecule has 4 aromatic rings. The molecule has 1 aliphatic rings. The van der Waals surface area contributed by atoms with Gasteiger partial charge in [0, 0.05) is 34.4 Å². The standard InChI is InChI=1S/C26H20ClN5O3S/c27-16-7-9-19-20(13-16)30-24(33)21(14-17-5-1-3-11-28-17)32(26(19)35)15-18-8-10-22(36-18)25(34)31-23-6-2-4-12-29-23/h1-13,21H,14-15H2,(H,30,33)(H,29,31,34)/t21-/m1/s1. The number of pyridine rings is 2. The lowest BCUT2D eigenvalue weighted by Gasteiger charge is -2.28. The average molecular weight is 518 g/mol. The van der Waals surface area contributed by atoms with Crippen LogP contribution in [0.5, 0.6) is 0 Å². The number of benzene rings is 1. The highest BCUT2D eigenvalue weighted by Gasteiger charge is 2.36. The number of anilines is 2. The summed E-state index contributed by atoms with van der Waals surface area (Å²) in [6.45, 7) is 0.146. The number of nitrogens with zero attached hydrogens (tertiary/aromatic N) is 3. The van der Waals surface area contributed by atoms with E-state index in [0.717, 1.165) is 4.88 Å². The number of aromatic nitrogens is 2. The number of halogens is 1. The predicted molar refractivity (Wildman–Crippen MR) is 138 cm³/mol. The number of amides is 3. The molecule has 0 saturated heterocycles. The third-order valence-corrected chi connectivity index (χ3v) is 6.96. The van der Waals surface area contributed by atoms with Crippen molar-refractivity contribution in [1.29, 1.82) is 0 Å². The van der Waals surface area contributed by atoms with Crippen LogP contribution in [0.25, 0.3) is 0 Å². The number of rotatable bonds is 6. The van der Waals surface area contributed by atoms with E-state index in [2.05, 4.69) is 20.6 Å². The smallest absolute Gasteiger partial charge is 0.266 e. The Morgan fingerprint density at radius 2 is 1.83 bits per heavy atom. The Bertz CT molecular complexity index is 1430. The zero-order valence-electron chi connectivity index (χ0n) is 18.8. The van der Waals surface area contributed by atoms with E-state index in [0.29, 0.717) is 32.7 Å². The second-order valence-corrected chi connectivity index (χ2v) is 9.69. The van der Waals surface area contributed by atoms with Gasteiger partial charge in [0.1, 0.15) is 11.9 Å². The molecule has 0 saturated carbocycles. The molecule has 1 aromatic carbocycles. The molecule has 0 radical (unpaired) electrons. The van der Waals surface area contributed by atoms with Gasteiger partial charge in [0.15, 0.2) is 0 Å². The van der Waals surface area contributed by atoms with Gasteiger partial charge in [-0.25, -0.2) is 4.98 Å². The highest BCUT2D eigenvalue weighted by Crippen LogP contribution is 2.30. The van der Waals surface area contributed by atoms with E-state index in [1.807, 2.05) is 12.1 Å². The van der Waals surface area contributed by atoms with Gasteiger partial charge in [-0.15, -0.1) is 11.3 Å². The normalized spacial score (nSPS) is 15.1. The van der Waals surface area contributed by atoms with Gasteiger partial charge in [-0.05, 0) is 54.6 Å². The fraction of sp³-hybridized carbons (Fsp3) is 0.115. The maximum atomic E-state index is 13.7. The highest BCUT2D eigenvalue weighted by molar-refractivity contribution is 7.14. The van der Waals surface area contributed by atoms with Gasteiger partial charge in [0.2, 0.25) is 5.91 Å². The lowest BCUT2D eigenvalue weighted by atomic mass is 10.1. The molecule has 10 heteroatoms. The number of hydrogen-bond acceptors (Lipinski definition) is 6. The van der Waals surface area contributed by atoms with Crippen molar-refractivity contribution < 1.29 is 14.4 Å². The number of carbonyl (C=O) groups excluding carboxylic acids is 3. The van der Waals surface area contributed by atoms with Crippen LogP contribution < -0.4 is 10.6 Å².